The zero-order valence-electron chi connectivity index (χ0n) is 11.5. The average Bonchev–Trinajstić information content (AvgIpc) is 2.37. The number of rotatable bonds is 6. The zero-order chi connectivity index (χ0) is 12.5. The molecule has 0 saturated heterocycles. The van der Waals surface area contributed by atoms with E-state index >= 15 is 0 Å². The first-order chi connectivity index (χ1) is 8.27. The highest BCUT2D eigenvalue weighted by atomic mass is 16.2. The molecule has 1 fully saturated rings. The molecule has 0 aliphatic heterocycles. The van der Waals surface area contributed by atoms with E-state index in [0.717, 1.165) is 38.4 Å². The quantitative estimate of drug-likeness (QED) is 0.709. The summed E-state index contributed by atoms with van der Waals surface area (Å²) in [5.41, 5.74) is 0. The highest BCUT2D eigenvalue weighted by Gasteiger charge is 2.19. The molecule has 0 aromatic rings. The Bertz CT molecular complexity index is 212. The van der Waals surface area contributed by atoms with Gasteiger partial charge in [0, 0.05) is 19.6 Å². The Kier molecular flexibility index (Phi) is 7.06. The molecule has 2 amide bonds. The molecule has 0 heterocycles. The van der Waals surface area contributed by atoms with E-state index in [0.29, 0.717) is 0 Å². The summed E-state index contributed by atoms with van der Waals surface area (Å²) in [7, 11) is 0. The van der Waals surface area contributed by atoms with Crippen LogP contribution in [0.5, 0.6) is 0 Å². The Morgan fingerprint density at radius 2 is 1.94 bits per heavy atom. The van der Waals surface area contributed by atoms with Gasteiger partial charge in [-0.2, -0.15) is 0 Å². The summed E-state index contributed by atoms with van der Waals surface area (Å²) in [4.78, 5) is 13.9. The second-order valence-corrected chi connectivity index (χ2v) is 5.13. The van der Waals surface area contributed by atoms with Crippen molar-refractivity contribution in [3.8, 4) is 0 Å². The smallest absolute Gasteiger partial charge is 0.317 e. The summed E-state index contributed by atoms with van der Waals surface area (Å²) in [5, 5.41) is 3.01. The fourth-order valence-electron chi connectivity index (χ4n) is 2.52. The Morgan fingerprint density at radius 3 is 2.53 bits per heavy atom. The number of carbonyl (C=O) groups is 1. The van der Waals surface area contributed by atoms with Crippen molar-refractivity contribution in [1.82, 2.24) is 10.2 Å². The minimum absolute atomic E-state index is 0.131. The predicted octanol–water partition coefficient (Wildman–Crippen LogP) is 3.40. The molecule has 0 unspecified atom stereocenters. The molecule has 1 aliphatic rings. The van der Waals surface area contributed by atoms with Gasteiger partial charge in [0.1, 0.15) is 0 Å². The molecule has 1 saturated carbocycles. The van der Waals surface area contributed by atoms with Gasteiger partial charge in [0.2, 0.25) is 0 Å². The van der Waals surface area contributed by atoms with Crippen molar-refractivity contribution in [2.75, 3.05) is 19.6 Å². The van der Waals surface area contributed by atoms with Crippen LogP contribution in [0.3, 0.4) is 0 Å². The topological polar surface area (TPSA) is 32.3 Å². The molecular weight excluding hydrogens is 212 g/mol. The lowest BCUT2D eigenvalue weighted by atomic mass is 9.89. The first-order valence-corrected chi connectivity index (χ1v) is 7.30. The molecule has 0 atom stereocenters. The monoisotopic (exact) mass is 240 g/mol. The van der Waals surface area contributed by atoms with E-state index in [1.54, 1.807) is 0 Å². The molecule has 100 valence electrons. The summed E-state index contributed by atoms with van der Waals surface area (Å²) in [5.74, 6) is 0.737. The van der Waals surface area contributed by atoms with Crippen molar-refractivity contribution in [3.63, 3.8) is 0 Å². The van der Waals surface area contributed by atoms with E-state index < -0.39 is 0 Å². The number of urea groups is 1. The number of unbranched alkanes of at least 4 members (excludes halogenated alkanes) is 1. The van der Waals surface area contributed by atoms with Crippen LogP contribution in [-0.2, 0) is 0 Å². The van der Waals surface area contributed by atoms with Crippen molar-refractivity contribution < 1.29 is 4.79 Å². The van der Waals surface area contributed by atoms with Gasteiger partial charge in [-0.1, -0.05) is 32.6 Å². The predicted molar refractivity (Wildman–Crippen MR) is 72.1 cm³/mol. The SMILES string of the molecule is CCCCNC(=O)N(CC)CC1CCCCC1. The van der Waals surface area contributed by atoms with Gasteiger partial charge >= 0.3 is 6.03 Å². The van der Waals surface area contributed by atoms with Crippen molar-refractivity contribution in [2.45, 2.75) is 58.8 Å². The molecular formula is C14H28N2O. The van der Waals surface area contributed by atoms with Crippen LogP contribution < -0.4 is 5.32 Å². The third-order valence-corrected chi connectivity index (χ3v) is 3.68. The van der Waals surface area contributed by atoms with Crippen LogP contribution in [0.15, 0.2) is 0 Å². The summed E-state index contributed by atoms with van der Waals surface area (Å²) < 4.78 is 0. The number of hydrogen-bond donors (Lipinski definition) is 1. The van der Waals surface area contributed by atoms with E-state index in [9.17, 15) is 4.79 Å². The molecule has 0 spiro atoms. The van der Waals surface area contributed by atoms with Crippen molar-refractivity contribution in [3.05, 3.63) is 0 Å². The van der Waals surface area contributed by atoms with Crippen molar-refractivity contribution >= 4 is 6.03 Å². The molecule has 3 nitrogen and oxygen atoms in total. The minimum atomic E-state index is 0.131. The number of hydrogen-bond acceptors (Lipinski definition) is 1. The van der Waals surface area contributed by atoms with E-state index in [4.69, 9.17) is 0 Å². The molecule has 3 heteroatoms. The average molecular weight is 240 g/mol. The standard InChI is InChI=1S/C14H28N2O/c1-3-5-11-15-14(17)16(4-2)12-13-9-7-6-8-10-13/h13H,3-12H2,1-2H3,(H,15,17). The zero-order valence-corrected chi connectivity index (χ0v) is 11.5. The molecule has 0 bridgehead atoms. The van der Waals surface area contributed by atoms with Gasteiger partial charge in [0.25, 0.3) is 0 Å². The molecule has 1 rings (SSSR count). The first kappa shape index (κ1) is 14.3. The number of amides is 2. The Morgan fingerprint density at radius 1 is 1.24 bits per heavy atom. The first-order valence-electron chi connectivity index (χ1n) is 7.30. The summed E-state index contributed by atoms with van der Waals surface area (Å²) in [6, 6.07) is 0.131. The molecule has 0 radical (unpaired) electrons. The fraction of sp³-hybridized carbons (Fsp3) is 0.929. The molecule has 1 N–H and O–H groups in total. The second-order valence-electron chi connectivity index (χ2n) is 5.13. The van der Waals surface area contributed by atoms with Gasteiger partial charge < -0.3 is 10.2 Å². The van der Waals surface area contributed by atoms with E-state index in [1.165, 1.54) is 32.1 Å². The maximum absolute atomic E-state index is 11.9. The van der Waals surface area contributed by atoms with Crippen LogP contribution in [0.2, 0.25) is 0 Å². The summed E-state index contributed by atoms with van der Waals surface area (Å²) in [6.45, 7) is 6.81. The maximum atomic E-state index is 11.9. The van der Waals surface area contributed by atoms with Gasteiger partial charge in [-0.15, -0.1) is 0 Å². The van der Waals surface area contributed by atoms with Gasteiger partial charge in [-0.05, 0) is 32.1 Å². The highest BCUT2D eigenvalue weighted by Crippen LogP contribution is 2.24. The Labute approximate surface area is 106 Å². The van der Waals surface area contributed by atoms with Crippen LogP contribution in [0.1, 0.15) is 58.8 Å². The molecule has 0 aromatic carbocycles. The van der Waals surface area contributed by atoms with Gasteiger partial charge in [0.15, 0.2) is 0 Å². The normalized spacial score (nSPS) is 16.8. The second kappa shape index (κ2) is 8.37. The van der Waals surface area contributed by atoms with Crippen LogP contribution in [0.4, 0.5) is 4.79 Å². The third kappa shape index (κ3) is 5.42. The minimum Gasteiger partial charge on any atom is -0.338 e. The van der Waals surface area contributed by atoms with E-state index in [2.05, 4.69) is 19.2 Å². The number of nitrogens with one attached hydrogen (secondary N) is 1. The van der Waals surface area contributed by atoms with Gasteiger partial charge in [-0.25, -0.2) is 4.79 Å². The fourth-order valence-corrected chi connectivity index (χ4v) is 2.52. The summed E-state index contributed by atoms with van der Waals surface area (Å²) >= 11 is 0. The lowest BCUT2D eigenvalue weighted by Crippen LogP contribution is -2.43. The van der Waals surface area contributed by atoms with Crippen molar-refractivity contribution in [1.29, 1.82) is 0 Å². The molecule has 17 heavy (non-hydrogen) atoms. The molecule has 0 aromatic heterocycles. The van der Waals surface area contributed by atoms with Gasteiger partial charge in [0.05, 0.1) is 0 Å². The van der Waals surface area contributed by atoms with Gasteiger partial charge in [-0.3, -0.25) is 0 Å². The Hall–Kier alpha value is -0.730. The molecule has 1 aliphatic carbocycles. The van der Waals surface area contributed by atoms with Crippen LogP contribution in [-0.4, -0.2) is 30.6 Å². The Balaban J connectivity index is 2.27. The maximum Gasteiger partial charge on any atom is 0.317 e. The van der Waals surface area contributed by atoms with Crippen LogP contribution >= 0.6 is 0 Å². The number of carbonyl (C=O) groups excluding carboxylic acids is 1. The van der Waals surface area contributed by atoms with Crippen LogP contribution in [0.25, 0.3) is 0 Å². The lowest BCUT2D eigenvalue weighted by Gasteiger charge is -2.29. The largest absolute Gasteiger partial charge is 0.338 e. The number of nitrogens with zero attached hydrogens (tertiary/aromatic N) is 1. The van der Waals surface area contributed by atoms with Crippen LogP contribution in [0, 0.1) is 5.92 Å². The van der Waals surface area contributed by atoms with E-state index in [1.807, 2.05) is 4.90 Å². The van der Waals surface area contributed by atoms with E-state index in [-0.39, 0.29) is 6.03 Å². The highest BCUT2D eigenvalue weighted by molar-refractivity contribution is 5.74. The third-order valence-electron chi connectivity index (χ3n) is 3.68. The summed E-state index contributed by atoms with van der Waals surface area (Å²) in [6.07, 6.45) is 8.89. The lowest BCUT2D eigenvalue weighted by molar-refractivity contribution is 0.181. The van der Waals surface area contributed by atoms with Crippen molar-refractivity contribution in [2.24, 2.45) is 5.92 Å².